The fourth-order valence-corrected chi connectivity index (χ4v) is 3.99. The zero-order chi connectivity index (χ0) is 29.1. The molecule has 0 aliphatic rings. The van der Waals surface area contributed by atoms with Crippen molar-refractivity contribution >= 4 is 11.6 Å². The first-order valence-corrected chi connectivity index (χ1v) is 13.1. The molecule has 0 heterocycles. The summed E-state index contributed by atoms with van der Waals surface area (Å²) in [5, 5.41) is 28.9. The Hall–Kier alpha value is -2.50. The molecular formula is C30H43NO8. The number of aliphatic hydroxyl groups is 3. The molecule has 3 N–H and O–H groups in total. The number of nitrogens with zero attached hydrogens (tertiary/aromatic N) is 1. The number of rotatable bonds is 18. The molecule has 0 fully saturated rings. The van der Waals surface area contributed by atoms with Crippen molar-refractivity contribution in [3.05, 3.63) is 70.8 Å². The number of ether oxygens (including phenoxy) is 3. The largest absolute Gasteiger partial charge is 0.394 e. The average Bonchev–Trinajstić information content (AvgIpc) is 2.89. The van der Waals surface area contributed by atoms with Gasteiger partial charge in [0.1, 0.15) is 11.2 Å². The summed E-state index contributed by atoms with van der Waals surface area (Å²) in [5.41, 5.74) is -0.231. The number of Topliss-reactive ketones (excluding diaryl/α,β-unsaturated/α-hetero) is 2. The summed E-state index contributed by atoms with van der Waals surface area (Å²) in [4.78, 5) is 27.1. The minimum absolute atomic E-state index is 0.0101. The highest BCUT2D eigenvalue weighted by molar-refractivity contribution is 6.02. The predicted molar refractivity (Wildman–Crippen MR) is 148 cm³/mol. The minimum Gasteiger partial charge on any atom is -0.394 e. The van der Waals surface area contributed by atoms with Crippen molar-refractivity contribution in [1.29, 1.82) is 0 Å². The van der Waals surface area contributed by atoms with Crippen molar-refractivity contribution in [2.75, 3.05) is 59.8 Å². The first-order chi connectivity index (χ1) is 18.4. The van der Waals surface area contributed by atoms with E-state index in [1.165, 1.54) is 27.7 Å². The monoisotopic (exact) mass is 545 g/mol. The van der Waals surface area contributed by atoms with Crippen LogP contribution in [0.15, 0.2) is 48.5 Å². The molecule has 0 amide bonds. The van der Waals surface area contributed by atoms with Gasteiger partial charge in [-0.15, -0.1) is 0 Å². The van der Waals surface area contributed by atoms with Crippen molar-refractivity contribution in [3.63, 3.8) is 0 Å². The number of carbonyl (C=O) groups excluding carboxylic acids is 2. The van der Waals surface area contributed by atoms with Crippen LogP contribution < -0.4 is 0 Å². The summed E-state index contributed by atoms with van der Waals surface area (Å²) >= 11 is 0. The second-order valence-electron chi connectivity index (χ2n) is 10.5. The van der Waals surface area contributed by atoms with Gasteiger partial charge in [-0.1, -0.05) is 48.5 Å². The van der Waals surface area contributed by atoms with Crippen LogP contribution >= 0.6 is 0 Å². The zero-order valence-electron chi connectivity index (χ0n) is 23.7. The van der Waals surface area contributed by atoms with Crippen LogP contribution in [0.3, 0.4) is 0 Å². The molecule has 0 aliphatic heterocycles. The van der Waals surface area contributed by atoms with Crippen LogP contribution in [0.2, 0.25) is 0 Å². The molecule has 0 unspecified atom stereocenters. The lowest BCUT2D eigenvalue weighted by Gasteiger charge is -2.29. The van der Waals surface area contributed by atoms with Crippen molar-refractivity contribution in [1.82, 2.24) is 4.90 Å². The molecule has 0 bridgehead atoms. The van der Waals surface area contributed by atoms with Gasteiger partial charge in [0.15, 0.2) is 11.6 Å². The van der Waals surface area contributed by atoms with Gasteiger partial charge in [0.25, 0.3) is 0 Å². The van der Waals surface area contributed by atoms with E-state index in [-0.39, 0.29) is 24.2 Å². The zero-order valence-corrected chi connectivity index (χ0v) is 23.7. The van der Waals surface area contributed by atoms with Crippen LogP contribution in [0.25, 0.3) is 0 Å². The van der Waals surface area contributed by atoms with E-state index >= 15 is 0 Å². The Morgan fingerprint density at radius 3 is 1.41 bits per heavy atom. The molecule has 0 aromatic heterocycles. The normalized spacial score (nSPS) is 12.4. The van der Waals surface area contributed by atoms with Crippen LogP contribution in [-0.2, 0) is 14.2 Å². The first-order valence-electron chi connectivity index (χ1n) is 13.1. The molecule has 0 spiro atoms. The molecule has 0 radical (unpaired) electrons. The standard InChI is InChI=1S/C30H43NO8/c1-29(2,35)27(33)24-10-6-22(7-11-24)26(23-8-12-25(13-9-23)28(34)30(3,4)36)31(5)14-16-37-18-20-39-21-19-38-17-15-32/h6-13,26,32,35-36H,14-21H2,1-5H3. The first kappa shape index (κ1) is 32.7. The maximum atomic E-state index is 12.5. The van der Waals surface area contributed by atoms with Gasteiger partial charge in [0, 0.05) is 17.7 Å². The van der Waals surface area contributed by atoms with Gasteiger partial charge in [-0.3, -0.25) is 14.5 Å². The highest BCUT2D eigenvalue weighted by Crippen LogP contribution is 2.29. The third-order valence-electron chi connectivity index (χ3n) is 6.10. The lowest BCUT2D eigenvalue weighted by atomic mass is 9.91. The highest BCUT2D eigenvalue weighted by atomic mass is 16.5. The molecule has 2 rings (SSSR count). The summed E-state index contributed by atoms with van der Waals surface area (Å²) in [6.45, 7) is 8.92. The van der Waals surface area contributed by atoms with Crippen LogP contribution in [-0.4, -0.2) is 103 Å². The van der Waals surface area contributed by atoms with Gasteiger partial charge in [-0.25, -0.2) is 0 Å². The van der Waals surface area contributed by atoms with Gasteiger partial charge >= 0.3 is 0 Å². The Balaban J connectivity index is 2.11. The SMILES string of the molecule is CN(CCOCCOCCOCCO)C(c1ccc(C(=O)C(C)(C)O)cc1)c1ccc(C(=O)C(C)(C)O)cc1. The van der Waals surface area contributed by atoms with Crippen molar-refractivity contribution < 1.29 is 39.1 Å². The van der Waals surface area contributed by atoms with Gasteiger partial charge in [0.2, 0.25) is 0 Å². The van der Waals surface area contributed by atoms with Gasteiger partial charge < -0.3 is 29.5 Å². The van der Waals surface area contributed by atoms with E-state index in [1.807, 2.05) is 31.3 Å². The van der Waals surface area contributed by atoms with Crippen LogP contribution in [0.1, 0.15) is 65.6 Å². The number of likely N-dealkylation sites (N-methyl/N-ethyl adjacent to an activating group) is 1. The third kappa shape index (κ3) is 10.5. The Bertz CT molecular complexity index is 953. The Morgan fingerprint density at radius 1 is 0.692 bits per heavy atom. The number of benzene rings is 2. The van der Waals surface area contributed by atoms with E-state index in [9.17, 15) is 19.8 Å². The fourth-order valence-electron chi connectivity index (χ4n) is 3.99. The van der Waals surface area contributed by atoms with Crippen molar-refractivity contribution in [2.24, 2.45) is 0 Å². The lowest BCUT2D eigenvalue weighted by molar-refractivity contribution is 0.00458. The van der Waals surface area contributed by atoms with Gasteiger partial charge in [0.05, 0.1) is 52.3 Å². The van der Waals surface area contributed by atoms with Crippen LogP contribution in [0, 0.1) is 0 Å². The average molecular weight is 546 g/mol. The number of carbonyl (C=O) groups is 2. The van der Waals surface area contributed by atoms with E-state index in [0.717, 1.165) is 11.1 Å². The molecule has 0 aliphatic carbocycles. The minimum atomic E-state index is -1.46. The molecule has 0 atom stereocenters. The van der Waals surface area contributed by atoms with Crippen molar-refractivity contribution in [3.8, 4) is 0 Å². The number of hydrogen-bond acceptors (Lipinski definition) is 9. The molecule has 0 saturated heterocycles. The van der Waals surface area contributed by atoms with Gasteiger partial charge in [-0.2, -0.15) is 0 Å². The molecule has 9 nitrogen and oxygen atoms in total. The lowest BCUT2D eigenvalue weighted by Crippen LogP contribution is -2.32. The summed E-state index contributed by atoms with van der Waals surface area (Å²) in [7, 11) is 1.97. The summed E-state index contributed by atoms with van der Waals surface area (Å²) < 4.78 is 16.3. The van der Waals surface area contributed by atoms with E-state index < -0.39 is 11.2 Å². The third-order valence-corrected chi connectivity index (χ3v) is 6.10. The second kappa shape index (κ2) is 15.3. The molecule has 2 aromatic rings. The molecule has 216 valence electrons. The second-order valence-corrected chi connectivity index (χ2v) is 10.5. The molecule has 0 saturated carbocycles. The maximum Gasteiger partial charge on any atom is 0.193 e. The summed E-state index contributed by atoms with van der Waals surface area (Å²) in [6.07, 6.45) is 0. The van der Waals surface area contributed by atoms with E-state index in [4.69, 9.17) is 19.3 Å². The number of ketones is 2. The molecular weight excluding hydrogens is 502 g/mol. The smallest absolute Gasteiger partial charge is 0.193 e. The molecule has 39 heavy (non-hydrogen) atoms. The van der Waals surface area contributed by atoms with Crippen LogP contribution in [0.4, 0.5) is 0 Å². The number of hydrogen-bond donors (Lipinski definition) is 3. The number of aliphatic hydroxyl groups excluding tert-OH is 1. The van der Waals surface area contributed by atoms with Crippen LogP contribution in [0.5, 0.6) is 0 Å². The van der Waals surface area contributed by atoms with E-state index in [0.29, 0.717) is 57.3 Å². The van der Waals surface area contributed by atoms with E-state index in [2.05, 4.69) is 4.90 Å². The highest BCUT2D eigenvalue weighted by Gasteiger charge is 2.27. The Labute approximate surface area is 231 Å². The summed E-state index contributed by atoms with van der Waals surface area (Å²) in [6, 6.07) is 14.1. The summed E-state index contributed by atoms with van der Waals surface area (Å²) in [5.74, 6) is -0.715. The van der Waals surface area contributed by atoms with Crippen molar-refractivity contribution in [2.45, 2.75) is 44.9 Å². The molecule has 9 heteroatoms. The Morgan fingerprint density at radius 2 is 1.05 bits per heavy atom. The van der Waals surface area contributed by atoms with E-state index in [1.54, 1.807) is 24.3 Å². The predicted octanol–water partition coefficient (Wildman–Crippen LogP) is 2.66. The van der Waals surface area contributed by atoms with Gasteiger partial charge in [-0.05, 0) is 45.9 Å². The molecule has 2 aromatic carbocycles. The fraction of sp³-hybridized carbons (Fsp3) is 0.533. The quantitative estimate of drug-likeness (QED) is 0.191. The topological polar surface area (TPSA) is 126 Å². The maximum absolute atomic E-state index is 12.5. The Kier molecular flexibility index (Phi) is 12.9.